The Kier molecular flexibility index (Phi) is 3.84. The Balaban J connectivity index is 2.81. The van der Waals surface area contributed by atoms with Crippen molar-refractivity contribution in [3.05, 3.63) is 30.3 Å². The summed E-state index contributed by atoms with van der Waals surface area (Å²) in [6.45, 7) is 1.75. The van der Waals surface area contributed by atoms with Crippen LogP contribution in [0.3, 0.4) is 0 Å². The summed E-state index contributed by atoms with van der Waals surface area (Å²) in [5.74, 6) is -0.177. The minimum Gasteiger partial charge on any atom is -0.368 e. The van der Waals surface area contributed by atoms with Gasteiger partial charge in [0.05, 0.1) is 0 Å². The number of nitrogens with two attached hydrogens (primary N) is 1. The molecule has 1 aromatic rings. The van der Waals surface area contributed by atoms with Gasteiger partial charge in [-0.05, 0) is 19.1 Å². The maximum atomic E-state index is 11.2. The summed E-state index contributed by atoms with van der Waals surface area (Å²) < 4.78 is -0.733. The molecule has 0 spiro atoms. The molecule has 1 amide bonds. The van der Waals surface area contributed by atoms with E-state index in [2.05, 4.69) is 0 Å². The fourth-order valence-corrected chi connectivity index (χ4v) is 2.16. The molecule has 2 N–H and O–H groups in total. The molecular formula is C10H12ClNOS. The van der Waals surface area contributed by atoms with Crippen LogP contribution in [0.4, 0.5) is 0 Å². The van der Waals surface area contributed by atoms with E-state index in [-0.39, 0.29) is 11.8 Å². The lowest BCUT2D eigenvalue weighted by Gasteiger charge is -2.22. The Bertz CT molecular complexity index is 317. The number of carbonyl (C=O) groups is 1. The Morgan fingerprint density at radius 2 is 2.07 bits per heavy atom. The third kappa shape index (κ3) is 2.66. The highest BCUT2D eigenvalue weighted by Crippen LogP contribution is 2.33. The van der Waals surface area contributed by atoms with E-state index in [1.807, 2.05) is 30.3 Å². The van der Waals surface area contributed by atoms with Crippen molar-refractivity contribution in [3.63, 3.8) is 0 Å². The quantitative estimate of drug-likeness (QED) is 0.636. The SMILES string of the molecule is CC(CCl)(Sc1ccccc1)C(N)=O. The van der Waals surface area contributed by atoms with Gasteiger partial charge in [0.25, 0.3) is 0 Å². The lowest BCUT2D eigenvalue weighted by molar-refractivity contribution is -0.119. The minimum absolute atomic E-state index is 0.210. The largest absolute Gasteiger partial charge is 0.368 e. The molecule has 0 fully saturated rings. The van der Waals surface area contributed by atoms with Gasteiger partial charge in [-0.2, -0.15) is 0 Å². The number of hydrogen-bond donors (Lipinski definition) is 1. The van der Waals surface area contributed by atoms with Crippen LogP contribution in [0.2, 0.25) is 0 Å². The number of hydrogen-bond acceptors (Lipinski definition) is 2. The van der Waals surface area contributed by atoms with E-state index in [4.69, 9.17) is 17.3 Å². The van der Waals surface area contributed by atoms with Crippen molar-refractivity contribution in [1.29, 1.82) is 0 Å². The first-order valence-corrected chi connectivity index (χ1v) is 5.53. The molecule has 0 bridgehead atoms. The van der Waals surface area contributed by atoms with Crippen LogP contribution < -0.4 is 5.73 Å². The van der Waals surface area contributed by atoms with Crippen LogP contribution in [0.15, 0.2) is 35.2 Å². The van der Waals surface area contributed by atoms with Gasteiger partial charge in [-0.15, -0.1) is 23.4 Å². The number of primary amides is 1. The molecule has 1 unspecified atom stereocenters. The fourth-order valence-electron chi connectivity index (χ4n) is 0.892. The summed E-state index contributed by atoms with van der Waals surface area (Å²) in [6, 6.07) is 9.61. The van der Waals surface area contributed by atoms with Crippen molar-refractivity contribution in [2.45, 2.75) is 16.6 Å². The molecule has 4 heteroatoms. The predicted octanol–water partition coefficient (Wildman–Crippen LogP) is 2.26. The van der Waals surface area contributed by atoms with Gasteiger partial charge in [-0.3, -0.25) is 4.79 Å². The number of benzene rings is 1. The normalized spacial score (nSPS) is 14.7. The zero-order valence-corrected chi connectivity index (χ0v) is 9.44. The van der Waals surface area contributed by atoms with Gasteiger partial charge < -0.3 is 5.73 Å². The second-order valence-electron chi connectivity index (χ2n) is 3.14. The Hall–Kier alpha value is -0.670. The summed E-state index contributed by atoms with van der Waals surface area (Å²) in [5.41, 5.74) is 5.29. The van der Waals surface area contributed by atoms with E-state index in [0.29, 0.717) is 0 Å². The third-order valence-corrected chi connectivity index (χ3v) is 3.86. The van der Waals surface area contributed by atoms with E-state index >= 15 is 0 Å². The van der Waals surface area contributed by atoms with Crippen LogP contribution >= 0.6 is 23.4 Å². The van der Waals surface area contributed by atoms with Crippen molar-refractivity contribution < 1.29 is 4.79 Å². The molecular weight excluding hydrogens is 218 g/mol. The second-order valence-corrected chi connectivity index (χ2v) is 4.99. The molecule has 0 aromatic heterocycles. The molecule has 1 rings (SSSR count). The lowest BCUT2D eigenvalue weighted by Crippen LogP contribution is -2.39. The second kappa shape index (κ2) is 4.71. The summed E-state index contributed by atoms with van der Waals surface area (Å²) in [5, 5.41) is 0. The van der Waals surface area contributed by atoms with E-state index < -0.39 is 4.75 Å². The van der Waals surface area contributed by atoms with E-state index in [0.717, 1.165) is 4.90 Å². The molecule has 0 radical (unpaired) electrons. The summed E-state index contributed by atoms with van der Waals surface area (Å²) in [7, 11) is 0. The first kappa shape index (κ1) is 11.4. The average molecular weight is 230 g/mol. The average Bonchev–Trinajstić information content (AvgIpc) is 2.19. The number of thioether (sulfide) groups is 1. The third-order valence-electron chi connectivity index (χ3n) is 1.86. The first-order valence-electron chi connectivity index (χ1n) is 4.18. The number of rotatable bonds is 4. The van der Waals surface area contributed by atoms with E-state index in [1.165, 1.54) is 11.8 Å². The van der Waals surface area contributed by atoms with Crippen molar-refractivity contribution >= 4 is 29.3 Å². The highest BCUT2D eigenvalue weighted by Gasteiger charge is 2.31. The highest BCUT2D eigenvalue weighted by molar-refractivity contribution is 8.01. The predicted molar refractivity (Wildman–Crippen MR) is 60.6 cm³/mol. The molecule has 1 aromatic carbocycles. The maximum absolute atomic E-state index is 11.2. The van der Waals surface area contributed by atoms with Gasteiger partial charge in [0.15, 0.2) is 0 Å². The smallest absolute Gasteiger partial charge is 0.234 e. The van der Waals surface area contributed by atoms with E-state index in [9.17, 15) is 4.79 Å². The number of amides is 1. The Morgan fingerprint density at radius 3 is 2.50 bits per heavy atom. The summed E-state index contributed by atoms with van der Waals surface area (Å²) >= 11 is 7.12. The molecule has 14 heavy (non-hydrogen) atoms. The molecule has 0 saturated carbocycles. The molecule has 0 saturated heterocycles. The van der Waals surface area contributed by atoms with Crippen molar-refractivity contribution in [3.8, 4) is 0 Å². The zero-order chi connectivity index (χ0) is 10.6. The van der Waals surface area contributed by atoms with Crippen LogP contribution in [0, 0.1) is 0 Å². The summed E-state index contributed by atoms with van der Waals surface area (Å²) in [6.07, 6.45) is 0. The number of carbonyl (C=O) groups excluding carboxylic acids is 1. The van der Waals surface area contributed by atoms with Crippen molar-refractivity contribution in [2.24, 2.45) is 5.73 Å². The minimum atomic E-state index is -0.733. The molecule has 0 aliphatic rings. The Morgan fingerprint density at radius 1 is 1.50 bits per heavy atom. The van der Waals surface area contributed by atoms with E-state index in [1.54, 1.807) is 6.92 Å². The Labute approximate surface area is 92.8 Å². The molecule has 0 heterocycles. The van der Waals surface area contributed by atoms with Gasteiger partial charge in [0.1, 0.15) is 4.75 Å². The highest BCUT2D eigenvalue weighted by atomic mass is 35.5. The first-order chi connectivity index (χ1) is 6.58. The van der Waals surface area contributed by atoms with Crippen molar-refractivity contribution in [1.82, 2.24) is 0 Å². The van der Waals surface area contributed by atoms with Crippen LogP contribution in [0.5, 0.6) is 0 Å². The molecule has 0 aliphatic heterocycles. The standard InChI is InChI=1S/C10H12ClNOS/c1-10(7-11,9(12)13)14-8-5-3-2-4-6-8/h2-6H,7H2,1H3,(H2,12,13). The van der Waals surface area contributed by atoms with Crippen LogP contribution in [-0.2, 0) is 4.79 Å². The van der Waals surface area contributed by atoms with Gasteiger partial charge in [0.2, 0.25) is 5.91 Å². The summed E-state index contributed by atoms with van der Waals surface area (Å²) in [4.78, 5) is 12.2. The monoisotopic (exact) mass is 229 g/mol. The fraction of sp³-hybridized carbons (Fsp3) is 0.300. The maximum Gasteiger partial charge on any atom is 0.234 e. The molecule has 76 valence electrons. The van der Waals surface area contributed by atoms with Crippen LogP contribution in [0.25, 0.3) is 0 Å². The van der Waals surface area contributed by atoms with Crippen LogP contribution in [0.1, 0.15) is 6.92 Å². The number of halogens is 1. The zero-order valence-electron chi connectivity index (χ0n) is 7.87. The molecule has 2 nitrogen and oxygen atoms in total. The topological polar surface area (TPSA) is 43.1 Å². The van der Waals surface area contributed by atoms with Gasteiger partial charge in [-0.1, -0.05) is 18.2 Å². The van der Waals surface area contributed by atoms with Gasteiger partial charge in [0, 0.05) is 10.8 Å². The molecule has 1 atom stereocenters. The van der Waals surface area contributed by atoms with Crippen LogP contribution in [-0.4, -0.2) is 16.5 Å². The van der Waals surface area contributed by atoms with Gasteiger partial charge in [-0.25, -0.2) is 0 Å². The number of alkyl halides is 1. The van der Waals surface area contributed by atoms with Gasteiger partial charge >= 0.3 is 0 Å². The molecule has 0 aliphatic carbocycles. The van der Waals surface area contributed by atoms with Crippen molar-refractivity contribution in [2.75, 3.05) is 5.88 Å². The lowest BCUT2D eigenvalue weighted by atomic mass is 10.2.